The minimum atomic E-state index is -0.376. The Kier molecular flexibility index (Phi) is 7.18. The molecule has 0 fully saturated rings. The maximum atomic E-state index is 12.3. The molecule has 1 atom stereocenters. The number of anilines is 1. The summed E-state index contributed by atoms with van der Waals surface area (Å²) >= 11 is 0. The summed E-state index contributed by atoms with van der Waals surface area (Å²) in [6.07, 6.45) is 0.860. The third-order valence-corrected chi connectivity index (χ3v) is 3.51. The molecule has 1 aromatic rings. The number of nitrogens with two attached hydrogens (primary N) is 1. The van der Waals surface area contributed by atoms with Crippen LogP contribution in [0, 0.1) is 5.92 Å². The maximum absolute atomic E-state index is 12.3. The van der Waals surface area contributed by atoms with Gasteiger partial charge in [0.25, 0.3) is 0 Å². The van der Waals surface area contributed by atoms with Crippen molar-refractivity contribution >= 4 is 11.7 Å². The molecule has 0 saturated carbocycles. The minimum absolute atomic E-state index is 0.178. The van der Waals surface area contributed by atoms with Crippen molar-refractivity contribution in [3.8, 4) is 5.75 Å². The van der Waals surface area contributed by atoms with Gasteiger partial charge in [0.1, 0.15) is 17.9 Å². The van der Waals surface area contributed by atoms with Crippen molar-refractivity contribution in [3.63, 3.8) is 0 Å². The molecule has 5 nitrogen and oxygen atoms in total. The van der Waals surface area contributed by atoms with E-state index in [4.69, 9.17) is 15.2 Å². The van der Waals surface area contributed by atoms with E-state index in [1.807, 2.05) is 21.0 Å². The van der Waals surface area contributed by atoms with Crippen LogP contribution in [0.25, 0.3) is 0 Å². The van der Waals surface area contributed by atoms with Crippen LogP contribution >= 0.6 is 0 Å². The normalized spacial score (nSPS) is 12.5. The smallest absolute Gasteiger partial charge is 0.341 e. The molecule has 0 radical (unpaired) electrons. The summed E-state index contributed by atoms with van der Waals surface area (Å²) < 4.78 is 11.1. The van der Waals surface area contributed by atoms with E-state index in [1.165, 1.54) is 0 Å². The van der Waals surface area contributed by atoms with E-state index in [-0.39, 0.29) is 12.0 Å². The number of carbonyl (C=O) groups is 1. The molecule has 0 bridgehead atoms. The molecule has 124 valence electrons. The molecular formula is C17H28N2O3. The van der Waals surface area contributed by atoms with Crippen molar-refractivity contribution in [1.82, 2.24) is 4.90 Å². The molecule has 0 saturated heterocycles. The van der Waals surface area contributed by atoms with Gasteiger partial charge in [0, 0.05) is 17.8 Å². The monoisotopic (exact) mass is 308 g/mol. The Morgan fingerprint density at radius 3 is 2.55 bits per heavy atom. The van der Waals surface area contributed by atoms with Gasteiger partial charge >= 0.3 is 5.97 Å². The van der Waals surface area contributed by atoms with Gasteiger partial charge in [-0.1, -0.05) is 20.8 Å². The van der Waals surface area contributed by atoms with Gasteiger partial charge in [0.2, 0.25) is 0 Å². The van der Waals surface area contributed by atoms with Crippen molar-refractivity contribution in [2.45, 2.75) is 33.2 Å². The van der Waals surface area contributed by atoms with E-state index in [2.05, 4.69) is 18.7 Å². The third-order valence-electron chi connectivity index (χ3n) is 3.51. The molecule has 0 spiro atoms. The zero-order valence-corrected chi connectivity index (χ0v) is 14.3. The van der Waals surface area contributed by atoms with Crippen LogP contribution < -0.4 is 10.5 Å². The molecule has 0 aromatic heterocycles. The molecule has 0 aliphatic heterocycles. The summed E-state index contributed by atoms with van der Waals surface area (Å²) in [5.74, 6) is 0.501. The fraction of sp³-hybridized carbons (Fsp3) is 0.588. The lowest BCUT2D eigenvalue weighted by atomic mass is 10.0. The fourth-order valence-electron chi connectivity index (χ4n) is 2.22. The Bertz CT molecular complexity index is 479. The van der Waals surface area contributed by atoms with Gasteiger partial charge < -0.3 is 20.1 Å². The van der Waals surface area contributed by atoms with Gasteiger partial charge in [0.05, 0.1) is 6.61 Å². The standard InChI is InChI=1S/C17H28N2O3/c1-6-9-21-16-10-13(18)7-8-14(16)17(20)22-11-15(12(2)3)19(4)5/h7-8,10,12,15H,6,9,11,18H2,1-5H3/t15-/m1/s1. The SMILES string of the molecule is CCCOc1cc(N)ccc1C(=O)OC[C@H](C(C)C)N(C)C. The van der Waals surface area contributed by atoms with Crippen molar-refractivity contribution < 1.29 is 14.3 Å². The van der Waals surface area contributed by atoms with Crippen LogP contribution in [0.2, 0.25) is 0 Å². The average molecular weight is 308 g/mol. The number of nitrogens with zero attached hydrogens (tertiary/aromatic N) is 1. The zero-order valence-electron chi connectivity index (χ0n) is 14.3. The largest absolute Gasteiger partial charge is 0.493 e. The second kappa shape index (κ2) is 8.63. The summed E-state index contributed by atoms with van der Waals surface area (Å²) in [4.78, 5) is 14.4. The Balaban J connectivity index is 2.80. The van der Waals surface area contributed by atoms with E-state index in [9.17, 15) is 4.79 Å². The van der Waals surface area contributed by atoms with E-state index < -0.39 is 0 Å². The van der Waals surface area contributed by atoms with Crippen LogP contribution in [0.4, 0.5) is 5.69 Å². The highest BCUT2D eigenvalue weighted by atomic mass is 16.5. The van der Waals surface area contributed by atoms with Gasteiger partial charge in [-0.25, -0.2) is 4.79 Å². The second-order valence-corrected chi connectivity index (χ2v) is 5.98. The lowest BCUT2D eigenvalue weighted by molar-refractivity contribution is 0.0346. The molecule has 0 heterocycles. The van der Waals surface area contributed by atoms with Crippen molar-refractivity contribution in [3.05, 3.63) is 23.8 Å². The van der Waals surface area contributed by atoms with Crippen LogP contribution in [-0.4, -0.2) is 44.2 Å². The van der Waals surface area contributed by atoms with Crippen molar-refractivity contribution in [2.24, 2.45) is 5.92 Å². The first-order valence-electron chi connectivity index (χ1n) is 7.72. The summed E-state index contributed by atoms with van der Waals surface area (Å²) in [6, 6.07) is 5.18. The first-order chi connectivity index (χ1) is 10.4. The number of nitrogen functional groups attached to an aromatic ring is 1. The minimum Gasteiger partial charge on any atom is -0.493 e. The number of hydrogen-bond donors (Lipinski definition) is 1. The fourth-order valence-corrected chi connectivity index (χ4v) is 2.22. The molecule has 0 unspecified atom stereocenters. The summed E-state index contributed by atoms with van der Waals surface area (Å²) in [6.45, 7) is 7.11. The van der Waals surface area contributed by atoms with Crippen LogP contribution in [0.15, 0.2) is 18.2 Å². The highest BCUT2D eigenvalue weighted by molar-refractivity contribution is 5.93. The van der Waals surface area contributed by atoms with Crippen LogP contribution in [-0.2, 0) is 4.74 Å². The molecule has 22 heavy (non-hydrogen) atoms. The topological polar surface area (TPSA) is 64.8 Å². The van der Waals surface area contributed by atoms with Gasteiger partial charge in [-0.15, -0.1) is 0 Å². The number of carbonyl (C=O) groups excluding carboxylic acids is 1. The molecule has 0 amide bonds. The second-order valence-electron chi connectivity index (χ2n) is 5.98. The van der Waals surface area contributed by atoms with Gasteiger partial charge in [-0.3, -0.25) is 0 Å². The molecule has 5 heteroatoms. The molecule has 2 N–H and O–H groups in total. The highest BCUT2D eigenvalue weighted by Crippen LogP contribution is 2.23. The first-order valence-corrected chi connectivity index (χ1v) is 7.72. The third kappa shape index (κ3) is 5.22. The Morgan fingerprint density at radius 1 is 1.32 bits per heavy atom. The molecular weight excluding hydrogens is 280 g/mol. The van der Waals surface area contributed by atoms with E-state index in [1.54, 1.807) is 18.2 Å². The molecule has 1 aromatic carbocycles. The van der Waals surface area contributed by atoms with E-state index in [0.29, 0.717) is 36.1 Å². The van der Waals surface area contributed by atoms with E-state index >= 15 is 0 Å². The number of likely N-dealkylation sites (N-methyl/N-ethyl adjacent to an activating group) is 1. The molecule has 1 rings (SSSR count). The van der Waals surface area contributed by atoms with Crippen molar-refractivity contribution in [2.75, 3.05) is 33.0 Å². The summed E-state index contributed by atoms with van der Waals surface area (Å²) in [5, 5.41) is 0. The molecule has 0 aliphatic carbocycles. The maximum Gasteiger partial charge on any atom is 0.341 e. The lowest BCUT2D eigenvalue weighted by Gasteiger charge is -2.27. The Morgan fingerprint density at radius 2 is 2.00 bits per heavy atom. The number of hydrogen-bond acceptors (Lipinski definition) is 5. The lowest BCUT2D eigenvalue weighted by Crippen LogP contribution is -2.37. The van der Waals surface area contributed by atoms with Crippen LogP contribution in [0.3, 0.4) is 0 Å². The van der Waals surface area contributed by atoms with Gasteiger partial charge in [-0.2, -0.15) is 0 Å². The Labute approximate surface area is 133 Å². The van der Waals surface area contributed by atoms with Crippen molar-refractivity contribution in [1.29, 1.82) is 0 Å². The number of benzene rings is 1. The number of esters is 1. The Hall–Kier alpha value is -1.75. The van der Waals surface area contributed by atoms with Gasteiger partial charge in [0.15, 0.2) is 0 Å². The highest BCUT2D eigenvalue weighted by Gasteiger charge is 2.20. The van der Waals surface area contributed by atoms with Crippen LogP contribution in [0.1, 0.15) is 37.6 Å². The zero-order chi connectivity index (χ0) is 16.7. The summed E-state index contributed by atoms with van der Waals surface area (Å²) in [5.41, 5.74) is 6.75. The van der Waals surface area contributed by atoms with Crippen LogP contribution in [0.5, 0.6) is 5.75 Å². The predicted molar refractivity (Wildman–Crippen MR) is 89.2 cm³/mol. The van der Waals surface area contributed by atoms with E-state index in [0.717, 1.165) is 6.42 Å². The quantitative estimate of drug-likeness (QED) is 0.591. The number of rotatable bonds is 8. The molecule has 0 aliphatic rings. The predicted octanol–water partition coefficient (Wildman–Crippen LogP) is 2.80. The first kappa shape index (κ1) is 18.3. The average Bonchev–Trinajstić information content (AvgIpc) is 2.44. The summed E-state index contributed by atoms with van der Waals surface area (Å²) in [7, 11) is 3.97. The van der Waals surface area contributed by atoms with Gasteiger partial charge in [-0.05, 0) is 38.6 Å². The number of ether oxygens (including phenoxy) is 2.